The number of ether oxygens (including phenoxy) is 1. The topological polar surface area (TPSA) is 39.4 Å². The quantitative estimate of drug-likeness (QED) is 0.475. The van der Waals surface area contributed by atoms with Gasteiger partial charge < -0.3 is 9.15 Å². The second kappa shape index (κ2) is 6.28. The highest BCUT2D eigenvalue weighted by Crippen LogP contribution is 2.39. The Balaban J connectivity index is 2.09. The van der Waals surface area contributed by atoms with Gasteiger partial charge in [0.25, 0.3) is 5.24 Å². The van der Waals surface area contributed by atoms with Crippen molar-refractivity contribution < 1.29 is 27.1 Å². The summed E-state index contributed by atoms with van der Waals surface area (Å²) in [5, 5.41) is -0.461. The lowest BCUT2D eigenvalue weighted by Gasteiger charge is -2.11. The summed E-state index contributed by atoms with van der Waals surface area (Å²) in [4.78, 5) is 11.2. The van der Waals surface area contributed by atoms with Crippen LogP contribution in [-0.2, 0) is 6.18 Å². The molecule has 0 aliphatic heterocycles. The maximum atomic E-state index is 13.1. The van der Waals surface area contributed by atoms with E-state index in [1.807, 2.05) is 0 Å². The molecule has 8 heteroatoms. The maximum Gasteiger partial charge on any atom is 0.416 e. The second-order valence-electron chi connectivity index (χ2n) is 5.26. The van der Waals surface area contributed by atoms with Gasteiger partial charge in [0.1, 0.15) is 11.5 Å². The van der Waals surface area contributed by atoms with Crippen LogP contribution in [0, 0.1) is 6.92 Å². The van der Waals surface area contributed by atoms with Crippen molar-refractivity contribution in [3.05, 3.63) is 58.3 Å². The van der Waals surface area contributed by atoms with E-state index in [1.54, 1.807) is 6.92 Å². The minimum absolute atomic E-state index is 0.0244. The van der Waals surface area contributed by atoms with E-state index in [4.69, 9.17) is 32.4 Å². The monoisotopic (exact) mass is 388 g/mol. The summed E-state index contributed by atoms with van der Waals surface area (Å²) in [6.07, 6.45) is -4.54. The average molecular weight is 389 g/mol. The molecule has 3 aromatic rings. The van der Waals surface area contributed by atoms with Crippen LogP contribution in [0.4, 0.5) is 13.2 Å². The van der Waals surface area contributed by atoms with Crippen LogP contribution in [0.25, 0.3) is 11.0 Å². The molecule has 0 radical (unpaired) electrons. The van der Waals surface area contributed by atoms with Gasteiger partial charge in [-0.2, -0.15) is 13.2 Å². The summed E-state index contributed by atoms with van der Waals surface area (Å²) in [6, 6.07) is 7.31. The fourth-order valence-electron chi connectivity index (χ4n) is 2.33. The maximum absolute atomic E-state index is 13.1. The van der Waals surface area contributed by atoms with Gasteiger partial charge in [-0.3, -0.25) is 4.79 Å². The van der Waals surface area contributed by atoms with Crippen molar-refractivity contribution in [1.82, 2.24) is 0 Å². The van der Waals surface area contributed by atoms with E-state index in [0.717, 1.165) is 12.1 Å². The molecule has 1 aromatic heterocycles. The minimum atomic E-state index is -4.54. The lowest BCUT2D eigenvalue weighted by atomic mass is 10.1. The molecule has 3 rings (SSSR count). The Bertz CT molecular complexity index is 977. The third-order valence-corrected chi connectivity index (χ3v) is 3.93. The molecule has 0 spiro atoms. The van der Waals surface area contributed by atoms with Crippen molar-refractivity contribution in [3.8, 4) is 11.5 Å². The third-order valence-electron chi connectivity index (χ3n) is 3.41. The van der Waals surface area contributed by atoms with Crippen molar-refractivity contribution in [3.63, 3.8) is 0 Å². The number of aryl methyl sites for hydroxylation is 1. The van der Waals surface area contributed by atoms with E-state index in [1.165, 1.54) is 24.3 Å². The van der Waals surface area contributed by atoms with Gasteiger partial charge in [0.2, 0.25) is 0 Å². The number of hydrogen-bond donors (Lipinski definition) is 0. The lowest BCUT2D eigenvalue weighted by Crippen LogP contribution is -2.04. The number of hydrogen-bond acceptors (Lipinski definition) is 3. The molecule has 2 aromatic carbocycles. The van der Waals surface area contributed by atoms with Gasteiger partial charge in [0.05, 0.1) is 16.1 Å². The molecule has 0 amide bonds. The Morgan fingerprint density at radius 2 is 1.88 bits per heavy atom. The van der Waals surface area contributed by atoms with Crippen LogP contribution in [0.5, 0.6) is 11.5 Å². The number of alkyl halides is 3. The van der Waals surface area contributed by atoms with Crippen LogP contribution < -0.4 is 4.74 Å². The zero-order chi connectivity index (χ0) is 18.4. The first-order valence-corrected chi connectivity index (χ1v) is 7.69. The van der Waals surface area contributed by atoms with E-state index in [-0.39, 0.29) is 33.1 Å². The van der Waals surface area contributed by atoms with E-state index in [2.05, 4.69) is 0 Å². The van der Waals surface area contributed by atoms with Gasteiger partial charge in [0, 0.05) is 11.5 Å². The average Bonchev–Trinajstić information content (AvgIpc) is 2.86. The van der Waals surface area contributed by atoms with E-state index < -0.39 is 17.0 Å². The number of furan rings is 1. The number of carbonyl (C=O) groups excluding carboxylic acids is 1. The van der Waals surface area contributed by atoms with Gasteiger partial charge in [-0.1, -0.05) is 11.6 Å². The first-order chi connectivity index (χ1) is 11.6. The van der Waals surface area contributed by atoms with Gasteiger partial charge >= 0.3 is 6.18 Å². The summed E-state index contributed by atoms with van der Waals surface area (Å²) in [6.45, 7) is 1.62. The number of fused-ring (bicyclic) bond motifs is 1. The second-order valence-corrected chi connectivity index (χ2v) is 6.02. The van der Waals surface area contributed by atoms with Crippen LogP contribution in [0.1, 0.15) is 21.7 Å². The Kier molecular flexibility index (Phi) is 4.43. The number of halogens is 5. The Morgan fingerprint density at radius 3 is 2.48 bits per heavy atom. The predicted molar refractivity (Wildman–Crippen MR) is 87.7 cm³/mol. The van der Waals surface area contributed by atoms with Gasteiger partial charge in [0.15, 0.2) is 11.3 Å². The fraction of sp³-hybridized carbons (Fsp3) is 0.118. The summed E-state index contributed by atoms with van der Waals surface area (Å²) >= 11 is 11.3. The molecule has 1 heterocycles. The molecule has 0 aliphatic rings. The lowest BCUT2D eigenvalue weighted by molar-refractivity contribution is -0.137. The van der Waals surface area contributed by atoms with Crippen LogP contribution in [0.3, 0.4) is 0 Å². The Morgan fingerprint density at radius 1 is 1.16 bits per heavy atom. The Labute approximate surface area is 149 Å². The van der Waals surface area contributed by atoms with Gasteiger partial charge in [-0.25, -0.2) is 0 Å². The molecular weight excluding hydrogens is 380 g/mol. The largest absolute Gasteiger partial charge is 0.457 e. The van der Waals surface area contributed by atoms with Crippen LogP contribution in [0.2, 0.25) is 5.02 Å². The molecule has 0 fully saturated rings. The fourth-order valence-corrected chi connectivity index (χ4v) is 2.80. The summed E-state index contributed by atoms with van der Waals surface area (Å²) in [5.41, 5.74) is -0.618. The van der Waals surface area contributed by atoms with Gasteiger partial charge in [-0.05, 0) is 48.9 Å². The predicted octanol–water partition coefficient (Wildman–Crippen LogP) is 6.58. The number of benzene rings is 2. The molecule has 0 saturated heterocycles. The molecule has 0 unspecified atom stereocenters. The van der Waals surface area contributed by atoms with Crippen molar-refractivity contribution in [2.45, 2.75) is 13.1 Å². The minimum Gasteiger partial charge on any atom is -0.457 e. The summed E-state index contributed by atoms with van der Waals surface area (Å²) < 4.78 is 50.2. The number of rotatable bonds is 3. The van der Waals surface area contributed by atoms with E-state index >= 15 is 0 Å². The molecular formula is C17H9Cl2F3O3. The standard InChI is InChI=1S/C17H9Cl2F3O3/c1-8-4-9-5-10(17(20,21)22)6-14(15(9)24-8)25-11-2-3-12(16(19)23)13(18)7-11/h2-7H,1H3. The molecule has 0 bridgehead atoms. The normalized spacial score (nSPS) is 11.8. The smallest absolute Gasteiger partial charge is 0.416 e. The van der Waals surface area contributed by atoms with Crippen LogP contribution in [0.15, 0.2) is 40.8 Å². The van der Waals surface area contributed by atoms with Crippen molar-refractivity contribution in [2.75, 3.05) is 0 Å². The third kappa shape index (κ3) is 3.60. The van der Waals surface area contributed by atoms with Crippen molar-refractivity contribution >= 4 is 39.4 Å². The zero-order valence-electron chi connectivity index (χ0n) is 12.6. The first kappa shape index (κ1) is 17.6. The molecule has 0 aliphatic carbocycles. The summed E-state index contributed by atoms with van der Waals surface area (Å²) in [5.74, 6) is 0.473. The van der Waals surface area contributed by atoms with Crippen molar-refractivity contribution in [1.29, 1.82) is 0 Å². The van der Waals surface area contributed by atoms with Crippen LogP contribution in [-0.4, -0.2) is 5.24 Å². The molecule has 0 N–H and O–H groups in total. The molecule has 0 saturated carbocycles. The van der Waals surface area contributed by atoms with Crippen LogP contribution >= 0.6 is 23.2 Å². The highest BCUT2D eigenvalue weighted by atomic mass is 35.5. The van der Waals surface area contributed by atoms with E-state index in [9.17, 15) is 18.0 Å². The zero-order valence-corrected chi connectivity index (χ0v) is 14.1. The number of carbonyl (C=O) groups is 1. The van der Waals surface area contributed by atoms with Gasteiger partial charge in [-0.15, -0.1) is 0 Å². The molecule has 0 atom stereocenters. The highest BCUT2D eigenvalue weighted by Gasteiger charge is 2.32. The molecule has 3 nitrogen and oxygen atoms in total. The molecule has 130 valence electrons. The van der Waals surface area contributed by atoms with E-state index in [0.29, 0.717) is 5.76 Å². The Hall–Kier alpha value is -2.18. The SMILES string of the molecule is Cc1cc2cc(C(F)(F)F)cc(Oc3ccc(C(=O)Cl)c(Cl)c3)c2o1. The first-order valence-electron chi connectivity index (χ1n) is 6.94. The summed E-state index contributed by atoms with van der Waals surface area (Å²) in [7, 11) is 0. The molecule has 25 heavy (non-hydrogen) atoms. The highest BCUT2D eigenvalue weighted by molar-refractivity contribution is 6.68. The van der Waals surface area contributed by atoms with Crippen molar-refractivity contribution in [2.24, 2.45) is 0 Å².